The zero-order valence-corrected chi connectivity index (χ0v) is 14.8. The third kappa shape index (κ3) is 3.90. The number of aryl methyl sites for hydroxylation is 1. The van der Waals surface area contributed by atoms with Gasteiger partial charge in [0.1, 0.15) is 11.4 Å². The molecule has 0 aliphatic carbocycles. The number of para-hydroxylation sites is 2. The quantitative estimate of drug-likeness (QED) is 0.792. The molecule has 0 atom stereocenters. The van der Waals surface area contributed by atoms with Gasteiger partial charge < -0.3 is 9.64 Å². The standard InChI is InChI=1S/C20H22ClNO2/c1-20(2)14-22(17-7-3-4-8-18(17)24-20)19(23)9-5-6-15-10-12-16(21)13-11-15/h3-4,7-8,10-13H,5-6,9,14H2,1-2H3. The molecule has 1 aliphatic rings. The third-order valence-corrected chi connectivity index (χ3v) is 4.40. The second-order valence-electron chi connectivity index (χ2n) is 6.79. The number of halogens is 1. The number of fused-ring (bicyclic) bond motifs is 1. The second-order valence-corrected chi connectivity index (χ2v) is 7.23. The van der Waals surface area contributed by atoms with Crippen LogP contribution in [0, 0.1) is 0 Å². The predicted molar refractivity (Wildman–Crippen MR) is 97.9 cm³/mol. The van der Waals surface area contributed by atoms with Gasteiger partial charge in [-0.3, -0.25) is 4.79 Å². The first kappa shape index (κ1) is 16.8. The van der Waals surface area contributed by atoms with Crippen molar-refractivity contribution in [1.82, 2.24) is 0 Å². The number of rotatable bonds is 4. The van der Waals surface area contributed by atoms with Crippen molar-refractivity contribution in [3.05, 3.63) is 59.1 Å². The van der Waals surface area contributed by atoms with Gasteiger partial charge in [0.15, 0.2) is 0 Å². The Bertz CT molecular complexity index is 725. The second kappa shape index (κ2) is 6.86. The van der Waals surface area contributed by atoms with Crippen LogP contribution in [0.5, 0.6) is 5.75 Å². The molecule has 0 saturated carbocycles. The molecule has 0 fully saturated rings. The van der Waals surface area contributed by atoms with E-state index >= 15 is 0 Å². The number of hydrogen-bond donors (Lipinski definition) is 0. The third-order valence-electron chi connectivity index (χ3n) is 4.15. The molecule has 0 bridgehead atoms. The van der Waals surface area contributed by atoms with Crippen LogP contribution in [-0.2, 0) is 11.2 Å². The number of benzene rings is 2. The van der Waals surface area contributed by atoms with Gasteiger partial charge in [0, 0.05) is 11.4 Å². The van der Waals surface area contributed by atoms with E-state index in [0.717, 1.165) is 29.3 Å². The molecule has 0 spiro atoms. The Morgan fingerprint density at radius 2 is 1.88 bits per heavy atom. The van der Waals surface area contributed by atoms with E-state index < -0.39 is 0 Å². The molecule has 1 aliphatic heterocycles. The lowest BCUT2D eigenvalue weighted by Crippen LogP contribution is -2.49. The first-order valence-electron chi connectivity index (χ1n) is 8.27. The Balaban J connectivity index is 1.65. The minimum atomic E-state index is -0.375. The lowest BCUT2D eigenvalue weighted by atomic mass is 10.0. The molecule has 0 N–H and O–H groups in total. The molecule has 0 aromatic heterocycles. The predicted octanol–water partition coefficient (Wildman–Crippen LogP) is 4.87. The number of anilines is 1. The Morgan fingerprint density at radius 3 is 2.62 bits per heavy atom. The number of amides is 1. The molecule has 3 nitrogen and oxygen atoms in total. The van der Waals surface area contributed by atoms with E-state index in [4.69, 9.17) is 16.3 Å². The van der Waals surface area contributed by atoms with Crippen molar-refractivity contribution in [2.75, 3.05) is 11.4 Å². The smallest absolute Gasteiger partial charge is 0.227 e. The van der Waals surface area contributed by atoms with Crippen LogP contribution in [0.4, 0.5) is 5.69 Å². The van der Waals surface area contributed by atoms with Crippen LogP contribution in [0.15, 0.2) is 48.5 Å². The van der Waals surface area contributed by atoms with Gasteiger partial charge in [-0.15, -0.1) is 0 Å². The van der Waals surface area contributed by atoms with Gasteiger partial charge in [0.25, 0.3) is 0 Å². The molecule has 0 saturated heterocycles. The molecular weight excluding hydrogens is 322 g/mol. The number of nitrogens with zero attached hydrogens (tertiary/aromatic N) is 1. The zero-order chi connectivity index (χ0) is 17.2. The van der Waals surface area contributed by atoms with E-state index in [1.165, 1.54) is 5.56 Å². The van der Waals surface area contributed by atoms with Crippen LogP contribution in [0.25, 0.3) is 0 Å². The van der Waals surface area contributed by atoms with Crippen molar-refractivity contribution >= 4 is 23.2 Å². The maximum atomic E-state index is 12.7. The molecule has 0 radical (unpaired) electrons. The molecule has 1 amide bonds. The Kier molecular flexibility index (Phi) is 4.81. The zero-order valence-electron chi connectivity index (χ0n) is 14.1. The van der Waals surface area contributed by atoms with E-state index in [2.05, 4.69) is 0 Å². The summed E-state index contributed by atoms with van der Waals surface area (Å²) in [6.07, 6.45) is 2.21. The van der Waals surface area contributed by atoms with E-state index in [0.29, 0.717) is 13.0 Å². The van der Waals surface area contributed by atoms with Gasteiger partial charge in [0.05, 0.1) is 12.2 Å². The van der Waals surface area contributed by atoms with Crippen LogP contribution in [-0.4, -0.2) is 18.1 Å². The molecule has 126 valence electrons. The fourth-order valence-electron chi connectivity index (χ4n) is 3.01. The summed E-state index contributed by atoms with van der Waals surface area (Å²) >= 11 is 5.90. The summed E-state index contributed by atoms with van der Waals surface area (Å²) < 4.78 is 5.98. The molecule has 3 rings (SSSR count). The summed E-state index contributed by atoms with van der Waals surface area (Å²) in [6.45, 7) is 4.59. The first-order valence-corrected chi connectivity index (χ1v) is 8.65. The first-order chi connectivity index (χ1) is 11.4. The lowest BCUT2D eigenvalue weighted by Gasteiger charge is -2.39. The van der Waals surface area contributed by atoms with E-state index in [-0.39, 0.29) is 11.5 Å². The van der Waals surface area contributed by atoms with E-state index in [1.807, 2.05) is 67.3 Å². The van der Waals surface area contributed by atoms with Crippen molar-refractivity contribution in [2.24, 2.45) is 0 Å². The summed E-state index contributed by atoms with van der Waals surface area (Å²) in [7, 11) is 0. The van der Waals surface area contributed by atoms with Crippen molar-refractivity contribution in [3.8, 4) is 5.75 Å². The summed E-state index contributed by atoms with van der Waals surface area (Å²) in [5, 5.41) is 0.738. The SMILES string of the molecule is CC1(C)CN(C(=O)CCCc2ccc(Cl)cc2)c2ccccc2O1. The largest absolute Gasteiger partial charge is 0.484 e. The Hall–Kier alpha value is -2.00. The number of carbonyl (C=O) groups excluding carboxylic acids is 1. The van der Waals surface area contributed by atoms with Gasteiger partial charge in [-0.2, -0.15) is 0 Å². The van der Waals surface area contributed by atoms with Crippen LogP contribution < -0.4 is 9.64 Å². The molecular formula is C20H22ClNO2. The van der Waals surface area contributed by atoms with Crippen molar-refractivity contribution in [2.45, 2.75) is 38.7 Å². The van der Waals surface area contributed by atoms with Crippen LogP contribution >= 0.6 is 11.6 Å². The molecule has 0 unspecified atom stereocenters. The van der Waals surface area contributed by atoms with Crippen LogP contribution in [0.2, 0.25) is 5.02 Å². The van der Waals surface area contributed by atoms with E-state index in [1.54, 1.807) is 0 Å². The highest BCUT2D eigenvalue weighted by Gasteiger charge is 2.34. The minimum Gasteiger partial charge on any atom is -0.484 e. The topological polar surface area (TPSA) is 29.5 Å². The Labute approximate surface area is 148 Å². The average Bonchev–Trinajstić information content (AvgIpc) is 2.55. The number of hydrogen-bond acceptors (Lipinski definition) is 2. The Morgan fingerprint density at radius 1 is 1.17 bits per heavy atom. The monoisotopic (exact) mass is 343 g/mol. The van der Waals surface area contributed by atoms with Gasteiger partial charge in [-0.25, -0.2) is 0 Å². The average molecular weight is 344 g/mol. The highest BCUT2D eigenvalue weighted by molar-refractivity contribution is 6.30. The van der Waals surface area contributed by atoms with Gasteiger partial charge in [-0.1, -0.05) is 35.9 Å². The normalized spacial score (nSPS) is 15.5. The molecule has 2 aromatic rings. The van der Waals surface area contributed by atoms with Crippen molar-refractivity contribution in [1.29, 1.82) is 0 Å². The van der Waals surface area contributed by atoms with Crippen molar-refractivity contribution in [3.63, 3.8) is 0 Å². The number of carbonyl (C=O) groups is 1. The summed E-state index contributed by atoms with van der Waals surface area (Å²) in [6, 6.07) is 15.5. The van der Waals surface area contributed by atoms with Gasteiger partial charge >= 0.3 is 0 Å². The highest BCUT2D eigenvalue weighted by Crippen LogP contribution is 2.37. The summed E-state index contributed by atoms with van der Waals surface area (Å²) in [4.78, 5) is 14.6. The fraction of sp³-hybridized carbons (Fsp3) is 0.350. The van der Waals surface area contributed by atoms with E-state index in [9.17, 15) is 4.79 Å². The molecule has 2 aromatic carbocycles. The molecule has 1 heterocycles. The van der Waals surface area contributed by atoms with Gasteiger partial charge in [-0.05, 0) is 56.5 Å². The summed E-state index contributed by atoms with van der Waals surface area (Å²) in [5.74, 6) is 0.924. The minimum absolute atomic E-state index is 0.146. The fourth-order valence-corrected chi connectivity index (χ4v) is 3.14. The maximum absolute atomic E-state index is 12.7. The lowest BCUT2D eigenvalue weighted by molar-refractivity contribution is -0.119. The molecule has 24 heavy (non-hydrogen) atoms. The molecule has 4 heteroatoms. The van der Waals surface area contributed by atoms with Crippen LogP contribution in [0.3, 0.4) is 0 Å². The maximum Gasteiger partial charge on any atom is 0.227 e. The number of ether oxygens (including phenoxy) is 1. The van der Waals surface area contributed by atoms with Gasteiger partial charge in [0.2, 0.25) is 5.91 Å². The highest BCUT2D eigenvalue weighted by atomic mass is 35.5. The van der Waals surface area contributed by atoms with Crippen LogP contribution in [0.1, 0.15) is 32.3 Å². The summed E-state index contributed by atoms with van der Waals surface area (Å²) in [5.41, 5.74) is 1.70. The van der Waals surface area contributed by atoms with Crippen molar-refractivity contribution < 1.29 is 9.53 Å².